The molecule has 0 unspecified atom stereocenters. The van der Waals surface area contributed by atoms with E-state index in [1.165, 1.54) is 61.9 Å². The standard InChI is InChI=1S/C18H25BrN2/c19-17-4-2-1-3-16(17)13-20-7-9-21(10-8-20)18-12-14-5-6-15(18)11-14/h1-4,14-15,18H,5-13H2/t14-,15-,18-/m1/s1. The van der Waals surface area contributed by atoms with Gasteiger partial charge < -0.3 is 0 Å². The predicted octanol–water partition coefficient (Wildman–Crippen LogP) is 3.76. The summed E-state index contributed by atoms with van der Waals surface area (Å²) >= 11 is 3.67. The van der Waals surface area contributed by atoms with Crippen molar-refractivity contribution in [2.75, 3.05) is 26.2 Å². The van der Waals surface area contributed by atoms with Crippen molar-refractivity contribution in [1.82, 2.24) is 9.80 Å². The van der Waals surface area contributed by atoms with E-state index in [9.17, 15) is 0 Å². The smallest absolute Gasteiger partial charge is 0.0246 e. The maximum Gasteiger partial charge on any atom is 0.0246 e. The van der Waals surface area contributed by atoms with Crippen LogP contribution in [0.4, 0.5) is 0 Å². The summed E-state index contributed by atoms with van der Waals surface area (Å²) in [5.41, 5.74) is 1.42. The highest BCUT2D eigenvalue weighted by Gasteiger charge is 2.42. The van der Waals surface area contributed by atoms with Crippen LogP contribution in [0.1, 0.15) is 31.2 Å². The first-order valence-electron chi connectivity index (χ1n) is 8.49. The van der Waals surface area contributed by atoms with Gasteiger partial charge in [0, 0.05) is 43.2 Å². The molecule has 0 amide bonds. The van der Waals surface area contributed by atoms with Crippen LogP contribution in [0.25, 0.3) is 0 Å². The van der Waals surface area contributed by atoms with Gasteiger partial charge in [0.15, 0.2) is 0 Å². The molecule has 1 aromatic rings. The molecule has 2 saturated carbocycles. The highest BCUT2D eigenvalue weighted by Crippen LogP contribution is 2.46. The Morgan fingerprint density at radius 3 is 2.48 bits per heavy atom. The van der Waals surface area contributed by atoms with E-state index in [-0.39, 0.29) is 0 Å². The van der Waals surface area contributed by atoms with Gasteiger partial charge in [-0.3, -0.25) is 9.80 Å². The minimum absolute atomic E-state index is 0.925. The van der Waals surface area contributed by atoms with Crippen molar-refractivity contribution in [3.63, 3.8) is 0 Å². The minimum Gasteiger partial charge on any atom is -0.298 e. The van der Waals surface area contributed by atoms with E-state index in [0.717, 1.165) is 24.4 Å². The van der Waals surface area contributed by atoms with Crippen LogP contribution < -0.4 is 0 Å². The van der Waals surface area contributed by atoms with Gasteiger partial charge in [-0.25, -0.2) is 0 Å². The molecule has 0 spiro atoms. The summed E-state index contributed by atoms with van der Waals surface area (Å²) in [6, 6.07) is 9.56. The van der Waals surface area contributed by atoms with E-state index in [4.69, 9.17) is 0 Å². The number of piperazine rings is 1. The maximum absolute atomic E-state index is 3.67. The van der Waals surface area contributed by atoms with Gasteiger partial charge in [0.2, 0.25) is 0 Å². The zero-order valence-corrected chi connectivity index (χ0v) is 14.3. The topological polar surface area (TPSA) is 6.48 Å². The summed E-state index contributed by atoms with van der Waals surface area (Å²) in [5, 5.41) is 0. The van der Waals surface area contributed by atoms with Crippen LogP contribution >= 0.6 is 15.9 Å². The third-order valence-corrected chi connectivity index (χ3v) is 6.70. The molecular weight excluding hydrogens is 324 g/mol. The number of rotatable bonds is 3. The Balaban J connectivity index is 1.32. The van der Waals surface area contributed by atoms with Gasteiger partial charge in [-0.1, -0.05) is 40.5 Å². The van der Waals surface area contributed by atoms with Crippen LogP contribution in [0, 0.1) is 11.8 Å². The molecule has 1 heterocycles. The van der Waals surface area contributed by atoms with E-state index in [2.05, 4.69) is 50.0 Å². The molecule has 1 aromatic carbocycles. The van der Waals surface area contributed by atoms with Crippen molar-refractivity contribution in [2.45, 2.75) is 38.3 Å². The quantitative estimate of drug-likeness (QED) is 0.820. The van der Waals surface area contributed by atoms with Crippen LogP contribution in [0.5, 0.6) is 0 Å². The molecule has 1 aliphatic heterocycles. The van der Waals surface area contributed by atoms with Gasteiger partial charge >= 0.3 is 0 Å². The third kappa shape index (κ3) is 2.93. The summed E-state index contributed by atoms with van der Waals surface area (Å²) in [7, 11) is 0. The van der Waals surface area contributed by atoms with E-state index < -0.39 is 0 Å². The molecule has 0 N–H and O–H groups in total. The summed E-state index contributed by atoms with van der Waals surface area (Å²) in [6.45, 7) is 6.10. The van der Waals surface area contributed by atoms with Crippen molar-refractivity contribution in [2.24, 2.45) is 11.8 Å². The van der Waals surface area contributed by atoms with Gasteiger partial charge in [0.25, 0.3) is 0 Å². The first kappa shape index (κ1) is 14.2. The normalized spacial score (nSPS) is 33.7. The molecule has 2 aliphatic carbocycles. The molecule has 3 fully saturated rings. The molecule has 0 radical (unpaired) electrons. The number of hydrogen-bond acceptors (Lipinski definition) is 2. The van der Waals surface area contributed by atoms with Gasteiger partial charge in [0.05, 0.1) is 0 Å². The largest absolute Gasteiger partial charge is 0.298 e. The highest BCUT2D eigenvalue weighted by molar-refractivity contribution is 9.10. The van der Waals surface area contributed by atoms with Crippen molar-refractivity contribution < 1.29 is 0 Å². The molecule has 21 heavy (non-hydrogen) atoms. The van der Waals surface area contributed by atoms with Gasteiger partial charge in [-0.15, -0.1) is 0 Å². The second-order valence-electron chi connectivity index (χ2n) is 7.15. The number of halogens is 1. The van der Waals surface area contributed by atoms with Crippen LogP contribution in [0.3, 0.4) is 0 Å². The second kappa shape index (κ2) is 6.02. The first-order valence-corrected chi connectivity index (χ1v) is 9.29. The van der Waals surface area contributed by atoms with Gasteiger partial charge in [-0.2, -0.15) is 0 Å². The molecular formula is C18H25BrN2. The SMILES string of the molecule is Brc1ccccc1CN1CCN([C@@H]2C[C@@H]3CC[C@@H]2C3)CC1. The van der Waals surface area contributed by atoms with Crippen molar-refractivity contribution in [3.8, 4) is 0 Å². The van der Waals surface area contributed by atoms with E-state index in [0.29, 0.717) is 0 Å². The molecule has 0 aromatic heterocycles. The Hall–Kier alpha value is -0.380. The summed E-state index contributed by atoms with van der Waals surface area (Å²) in [5.74, 6) is 2.10. The summed E-state index contributed by atoms with van der Waals surface area (Å²) < 4.78 is 1.25. The minimum atomic E-state index is 0.925. The molecule has 2 bridgehead atoms. The molecule has 114 valence electrons. The number of nitrogens with zero attached hydrogens (tertiary/aromatic N) is 2. The average molecular weight is 349 g/mol. The number of hydrogen-bond donors (Lipinski definition) is 0. The Morgan fingerprint density at radius 1 is 1.00 bits per heavy atom. The lowest BCUT2D eigenvalue weighted by Gasteiger charge is -2.41. The lowest BCUT2D eigenvalue weighted by molar-refractivity contribution is 0.0679. The predicted molar refractivity (Wildman–Crippen MR) is 90.2 cm³/mol. The van der Waals surface area contributed by atoms with Crippen molar-refractivity contribution in [3.05, 3.63) is 34.3 Å². The Morgan fingerprint density at radius 2 is 1.81 bits per heavy atom. The number of fused-ring (bicyclic) bond motifs is 2. The van der Waals surface area contributed by atoms with Gasteiger partial charge in [0.1, 0.15) is 0 Å². The van der Waals surface area contributed by atoms with Crippen LogP contribution in [0.15, 0.2) is 28.7 Å². The molecule has 3 heteroatoms. The van der Waals surface area contributed by atoms with Gasteiger partial charge in [-0.05, 0) is 42.7 Å². The molecule has 2 nitrogen and oxygen atoms in total. The molecule has 3 aliphatic rings. The van der Waals surface area contributed by atoms with Crippen molar-refractivity contribution >= 4 is 15.9 Å². The maximum atomic E-state index is 3.67. The van der Waals surface area contributed by atoms with Crippen LogP contribution in [-0.2, 0) is 6.54 Å². The Kier molecular flexibility index (Phi) is 4.08. The first-order chi connectivity index (χ1) is 10.3. The fourth-order valence-electron chi connectivity index (χ4n) is 4.78. The monoisotopic (exact) mass is 348 g/mol. The Bertz CT molecular complexity index is 496. The molecule has 3 atom stereocenters. The van der Waals surface area contributed by atoms with Crippen LogP contribution in [-0.4, -0.2) is 42.0 Å². The zero-order valence-electron chi connectivity index (χ0n) is 12.7. The average Bonchev–Trinajstić information content (AvgIpc) is 3.13. The summed E-state index contributed by atoms with van der Waals surface area (Å²) in [4.78, 5) is 5.42. The lowest BCUT2D eigenvalue weighted by atomic mass is 9.93. The third-order valence-electron chi connectivity index (χ3n) is 5.93. The zero-order chi connectivity index (χ0) is 14.2. The van der Waals surface area contributed by atoms with Crippen LogP contribution in [0.2, 0.25) is 0 Å². The van der Waals surface area contributed by atoms with Crippen molar-refractivity contribution in [1.29, 1.82) is 0 Å². The highest BCUT2D eigenvalue weighted by atomic mass is 79.9. The second-order valence-corrected chi connectivity index (χ2v) is 8.00. The lowest BCUT2D eigenvalue weighted by Crippen LogP contribution is -2.51. The fourth-order valence-corrected chi connectivity index (χ4v) is 5.19. The molecule has 1 saturated heterocycles. The number of benzene rings is 1. The Labute approximate surface area is 136 Å². The van der Waals surface area contributed by atoms with E-state index in [1.54, 1.807) is 0 Å². The molecule has 4 rings (SSSR count). The van der Waals surface area contributed by atoms with E-state index in [1.807, 2.05) is 0 Å². The fraction of sp³-hybridized carbons (Fsp3) is 0.667. The van der Waals surface area contributed by atoms with E-state index >= 15 is 0 Å². The summed E-state index contributed by atoms with van der Waals surface area (Å²) in [6.07, 6.45) is 6.05.